The van der Waals surface area contributed by atoms with Gasteiger partial charge in [-0.05, 0) is 18.8 Å². The molecule has 0 spiro atoms. The van der Waals surface area contributed by atoms with Gasteiger partial charge >= 0.3 is 0 Å². The van der Waals surface area contributed by atoms with E-state index in [4.69, 9.17) is 0 Å². The Balaban J connectivity index is 2.63. The number of ketones is 1. The highest BCUT2D eigenvalue weighted by Crippen LogP contribution is 2.26. The van der Waals surface area contributed by atoms with Crippen LogP contribution in [0.4, 0.5) is 0 Å². The Labute approximate surface area is 116 Å². The highest BCUT2D eigenvalue weighted by Gasteiger charge is 2.20. The zero-order valence-corrected chi connectivity index (χ0v) is 12.4. The predicted molar refractivity (Wildman–Crippen MR) is 79.3 cm³/mol. The van der Waals surface area contributed by atoms with Crippen molar-refractivity contribution in [3.8, 4) is 0 Å². The molecule has 0 aromatic heterocycles. The Bertz CT molecular complexity index is 449. The number of carbonyl (C=O) groups excluding carboxylic acids is 1. The molecule has 0 radical (unpaired) electrons. The number of aliphatic hydroxyl groups is 1. The second kappa shape index (κ2) is 6.16. The quantitative estimate of drug-likeness (QED) is 0.643. The van der Waals surface area contributed by atoms with E-state index in [0.29, 0.717) is 12.0 Å². The molecule has 0 amide bonds. The second-order valence-electron chi connectivity index (χ2n) is 6.44. The minimum Gasteiger partial charge on any atom is -0.385 e. The van der Waals surface area contributed by atoms with Crippen molar-refractivity contribution in [1.29, 1.82) is 0 Å². The predicted octanol–water partition coefficient (Wildman–Crippen LogP) is 3.92. The van der Waals surface area contributed by atoms with E-state index in [2.05, 4.69) is 27.4 Å². The van der Waals surface area contributed by atoms with Crippen molar-refractivity contribution in [2.24, 2.45) is 5.41 Å². The lowest BCUT2D eigenvalue weighted by molar-refractivity contribution is 0.0744. The summed E-state index contributed by atoms with van der Waals surface area (Å²) in [6.07, 6.45) is 0.160. The Morgan fingerprint density at radius 3 is 2.26 bits per heavy atom. The first kappa shape index (κ1) is 15.6. The van der Waals surface area contributed by atoms with Crippen LogP contribution in [0.25, 0.3) is 0 Å². The van der Waals surface area contributed by atoms with Gasteiger partial charge < -0.3 is 5.11 Å². The maximum absolute atomic E-state index is 12.1. The van der Waals surface area contributed by atoms with Crippen LogP contribution in [-0.2, 0) is 0 Å². The largest absolute Gasteiger partial charge is 0.385 e. The van der Waals surface area contributed by atoms with Gasteiger partial charge in [-0.3, -0.25) is 4.79 Å². The standard InChI is InChI=1S/C17H24O2/c1-12-6-8-14(9-7-12)16(19)15(18)10-13(2)11-17(3,4)5/h6-9,15,18H,2,10-11H2,1,3-5H3/t15-/m0/s1. The first-order chi connectivity index (χ1) is 8.69. The molecule has 1 aromatic carbocycles. The summed E-state index contributed by atoms with van der Waals surface area (Å²) in [5.41, 5.74) is 2.70. The molecular weight excluding hydrogens is 236 g/mol. The third-order valence-corrected chi connectivity index (χ3v) is 2.90. The highest BCUT2D eigenvalue weighted by molar-refractivity contribution is 5.99. The van der Waals surface area contributed by atoms with Gasteiger partial charge in [0.2, 0.25) is 0 Å². The van der Waals surface area contributed by atoms with Gasteiger partial charge in [0.05, 0.1) is 0 Å². The topological polar surface area (TPSA) is 37.3 Å². The van der Waals surface area contributed by atoms with E-state index in [1.54, 1.807) is 12.1 Å². The summed E-state index contributed by atoms with van der Waals surface area (Å²) in [4.78, 5) is 12.1. The van der Waals surface area contributed by atoms with Crippen LogP contribution in [0, 0.1) is 12.3 Å². The summed E-state index contributed by atoms with van der Waals surface area (Å²) in [5.74, 6) is -0.227. The molecule has 2 heteroatoms. The number of hydrogen-bond acceptors (Lipinski definition) is 2. The summed E-state index contributed by atoms with van der Waals surface area (Å²) < 4.78 is 0. The Kier molecular flexibility index (Phi) is 5.07. The number of carbonyl (C=O) groups is 1. The molecular formula is C17H24O2. The number of aliphatic hydroxyl groups excluding tert-OH is 1. The minimum absolute atomic E-state index is 0.129. The van der Waals surface area contributed by atoms with Crippen LogP contribution in [0.2, 0.25) is 0 Å². The van der Waals surface area contributed by atoms with Crippen LogP contribution in [0.15, 0.2) is 36.4 Å². The Morgan fingerprint density at radius 1 is 1.26 bits per heavy atom. The smallest absolute Gasteiger partial charge is 0.191 e. The van der Waals surface area contributed by atoms with Crippen molar-refractivity contribution >= 4 is 5.78 Å². The molecule has 1 N–H and O–H groups in total. The molecule has 19 heavy (non-hydrogen) atoms. The lowest BCUT2D eigenvalue weighted by atomic mass is 9.86. The normalized spacial score (nSPS) is 13.1. The maximum atomic E-state index is 12.1. The Hall–Kier alpha value is -1.41. The number of aryl methyl sites for hydroxylation is 1. The van der Waals surface area contributed by atoms with Gasteiger partial charge in [0.15, 0.2) is 5.78 Å². The fourth-order valence-corrected chi connectivity index (χ4v) is 2.10. The minimum atomic E-state index is -0.988. The molecule has 1 rings (SSSR count). The van der Waals surface area contributed by atoms with E-state index < -0.39 is 6.10 Å². The summed E-state index contributed by atoms with van der Waals surface area (Å²) in [5, 5.41) is 10.00. The number of benzene rings is 1. The van der Waals surface area contributed by atoms with Crippen molar-refractivity contribution < 1.29 is 9.90 Å². The molecule has 0 aliphatic heterocycles. The van der Waals surface area contributed by atoms with E-state index in [0.717, 1.165) is 17.6 Å². The molecule has 0 saturated heterocycles. The number of hydrogen-bond donors (Lipinski definition) is 1. The lowest BCUT2D eigenvalue weighted by Crippen LogP contribution is -2.22. The van der Waals surface area contributed by atoms with Crippen LogP contribution >= 0.6 is 0 Å². The molecule has 0 fully saturated rings. The number of rotatable bonds is 5. The van der Waals surface area contributed by atoms with Gasteiger partial charge in [-0.2, -0.15) is 0 Å². The summed E-state index contributed by atoms with van der Waals surface area (Å²) >= 11 is 0. The lowest BCUT2D eigenvalue weighted by Gasteiger charge is -2.21. The molecule has 1 atom stereocenters. The van der Waals surface area contributed by atoms with Gasteiger partial charge in [-0.1, -0.05) is 62.8 Å². The number of Topliss-reactive ketones (excluding diaryl/α,β-unsaturated/α-hetero) is 1. The highest BCUT2D eigenvalue weighted by atomic mass is 16.3. The average molecular weight is 260 g/mol. The van der Waals surface area contributed by atoms with Gasteiger partial charge in [0.25, 0.3) is 0 Å². The van der Waals surface area contributed by atoms with Gasteiger partial charge in [0.1, 0.15) is 6.10 Å². The molecule has 0 heterocycles. The molecule has 0 saturated carbocycles. The summed E-state index contributed by atoms with van der Waals surface area (Å²) in [7, 11) is 0. The molecule has 1 aromatic rings. The SMILES string of the molecule is C=C(C[C@H](O)C(=O)c1ccc(C)cc1)CC(C)(C)C. The zero-order chi connectivity index (χ0) is 14.6. The van der Waals surface area contributed by atoms with Gasteiger partial charge in [-0.25, -0.2) is 0 Å². The van der Waals surface area contributed by atoms with Crippen molar-refractivity contribution in [3.05, 3.63) is 47.5 Å². The molecule has 0 bridgehead atoms. The van der Waals surface area contributed by atoms with Crippen molar-refractivity contribution in [1.82, 2.24) is 0 Å². The average Bonchev–Trinajstić information content (AvgIpc) is 2.26. The molecule has 0 unspecified atom stereocenters. The molecule has 0 aliphatic rings. The Morgan fingerprint density at radius 2 is 1.79 bits per heavy atom. The summed E-state index contributed by atoms with van der Waals surface area (Å²) in [6, 6.07) is 7.27. The molecule has 104 valence electrons. The van der Waals surface area contributed by atoms with E-state index in [1.807, 2.05) is 19.1 Å². The van der Waals surface area contributed by atoms with E-state index in [9.17, 15) is 9.90 Å². The van der Waals surface area contributed by atoms with Crippen LogP contribution in [0.5, 0.6) is 0 Å². The first-order valence-corrected chi connectivity index (χ1v) is 6.64. The second-order valence-corrected chi connectivity index (χ2v) is 6.44. The third kappa shape index (κ3) is 5.39. The first-order valence-electron chi connectivity index (χ1n) is 6.64. The van der Waals surface area contributed by atoms with Crippen molar-refractivity contribution in [2.45, 2.75) is 46.6 Å². The van der Waals surface area contributed by atoms with E-state index >= 15 is 0 Å². The van der Waals surface area contributed by atoms with Crippen molar-refractivity contribution in [2.75, 3.05) is 0 Å². The summed E-state index contributed by atoms with van der Waals surface area (Å²) in [6.45, 7) is 12.3. The third-order valence-electron chi connectivity index (χ3n) is 2.90. The van der Waals surface area contributed by atoms with E-state index in [-0.39, 0.29) is 11.2 Å². The maximum Gasteiger partial charge on any atom is 0.191 e. The zero-order valence-electron chi connectivity index (χ0n) is 12.4. The van der Waals surface area contributed by atoms with Crippen LogP contribution in [0.1, 0.15) is 49.5 Å². The van der Waals surface area contributed by atoms with Gasteiger partial charge in [-0.15, -0.1) is 0 Å². The van der Waals surface area contributed by atoms with E-state index in [1.165, 1.54) is 0 Å². The van der Waals surface area contributed by atoms with Crippen LogP contribution in [-0.4, -0.2) is 17.0 Å². The molecule has 2 nitrogen and oxygen atoms in total. The molecule has 0 aliphatic carbocycles. The fourth-order valence-electron chi connectivity index (χ4n) is 2.10. The van der Waals surface area contributed by atoms with Crippen molar-refractivity contribution in [3.63, 3.8) is 0 Å². The van der Waals surface area contributed by atoms with Gasteiger partial charge in [0, 0.05) is 12.0 Å². The van der Waals surface area contributed by atoms with Crippen LogP contribution < -0.4 is 0 Å². The van der Waals surface area contributed by atoms with Crippen LogP contribution in [0.3, 0.4) is 0 Å². The fraction of sp³-hybridized carbons (Fsp3) is 0.471. The monoisotopic (exact) mass is 260 g/mol.